The molecule has 1 aromatic rings. The fourth-order valence-electron chi connectivity index (χ4n) is 1.26. The van der Waals surface area contributed by atoms with Crippen molar-refractivity contribution in [1.82, 2.24) is 10.2 Å². The lowest BCUT2D eigenvalue weighted by Crippen LogP contribution is -2.33. The van der Waals surface area contributed by atoms with Crippen LogP contribution in [0.2, 0.25) is 5.02 Å². The van der Waals surface area contributed by atoms with Crippen molar-refractivity contribution < 1.29 is 4.74 Å². The number of aromatic amines is 1. The Bertz CT molecular complexity index is 403. The van der Waals surface area contributed by atoms with E-state index >= 15 is 0 Å². The summed E-state index contributed by atoms with van der Waals surface area (Å²) in [5.41, 5.74) is -0.209. The summed E-state index contributed by atoms with van der Waals surface area (Å²) in [5.74, 6) is 0. The Balaban J connectivity index is 2.68. The number of hydrogen-bond donors (Lipinski definition) is 2. The normalized spacial score (nSPS) is 11.5. The number of aromatic nitrogens is 2. The van der Waals surface area contributed by atoms with E-state index in [0.717, 1.165) is 0 Å². The van der Waals surface area contributed by atoms with Gasteiger partial charge in [0.1, 0.15) is 5.02 Å². The first-order chi connectivity index (χ1) is 7.46. The van der Waals surface area contributed by atoms with Gasteiger partial charge in [-0.05, 0) is 20.8 Å². The van der Waals surface area contributed by atoms with E-state index in [1.165, 1.54) is 6.20 Å². The molecule has 5 nitrogen and oxygen atoms in total. The maximum absolute atomic E-state index is 11.2. The van der Waals surface area contributed by atoms with Crippen LogP contribution < -0.4 is 10.9 Å². The number of nitrogens with zero attached hydrogens (tertiary/aromatic N) is 1. The molecule has 0 radical (unpaired) electrons. The van der Waals surface area contributed by atoms with Gasteiger partial charge < -0.3 is 10.1 Å². The van der Waals surface area contributed by atoms with Crippen LogP contribution in [0.4, 0.5) is 5.69 Å². The maximum Gasteiger partial charge on any atom is 0.285 e. The largest absolute Gasteiger partial charge is 0.379 e. The summed E-state index contributed by atoms with van der Waals surface area (Å²) in [4.78, 5) is 11.2. The number of anilines is 1. The molecule has 1 rings (SSSR count). The van der Waals surface area contributed by atoms with Gasteiger partial charge in [-0.3, -0.25) is 4.79 Å². The van der Waals surface area contributed by atoms with E-state index in [4.69, 9.17) is 16.3 Å². The first-order valence-corrected chi connectivity index (χ1v) is 5.45. The van der Waals surface area contributed by atoms with Crippen molar-refractivity contribution in [3.05, 3.63) is 21.6 Å². The van der Waals surface area contributed by atoms with Gasteiger partial charge in [0, 0.05) is 13.2 Å². The van der Waals surface area contributed by atoms with E-state index in [1.54, 1.807) is 0 Å². The average molecular weight is 246 g/mol. The number of hydrogen-bond acceptors (Lipinski definition) is 4. The maximum atomic E-state index is 11.2. The molecule has 2 N–H and O–H groups in total. The summed E-state index contributed by atoms with van der Waals surface area (Å²) >= 11 is 5.81. The molecule has 1 aromatic heterocycles. The van der Waals surface area contributed by atoms with Gasteiger partial charge in [-0.1, -0.05) is 11.6 Å². The van der Waals surface area contributed by atoms with Crippen molar-refractivity contribution in [2.24, 2.45) is 0 Å². The molecule has 0 saturated carbocycles. The minimum Gasteiger partial charge on any atom is -0.379 e. The zero-order chi connectivity index (χ0) is 12.2. The zero-order valence-corrected chi connectivity index (χ0v) is 10.4. The van der Waals surface area contributed by atoms with Gasteiger partial charge in [0.05, 0.1) is 17.5 Å². The second-order valence-electron chi connectivity index (χ2n) is 3.97. The minimum atomic E-state index is -0.402. The van der Waals surface area contributed by atoms with Gasteiger partial charge in [-0.15, -0.1) is 0 Å². The Morgan fingerprint density at radius 3 is 2.94 bits per heavy atom. The molecule has 0 saturated heterocycles. The van der Waals surface area contributed by atoms with E-state index in [9.17, 15) is 4.79 Å². The van der Waals surface area contributed by atoms with Crippen LogP contribution in [-0.4, -0.2) is 29.0 Å². The van der Waals surface area contributed by atoms with Crippen LogP contribution in [0.15, 0.2) is 11.0 Å². The number of H-pyrrole nitrogens is 1. The number of rotatable bonds is 5. The fraction of sp³-hybridized carbons (Fsp3) is 0.600. The summed E-state index contributed by atoms with van der Waals surface area (Å²) in [7, 11) is 0. The molecule has 0 amide bonds. The third kappa shape index (κ3) is 3.50. The van der Waals surface area contributed by atoms with E-state index in [-0.39, 0.29) is 10.6 Å². The monoisotopic (exact) mass is 245 g/mol. The smallest absolute Gasteiger partial charge is 0.285 e. The summed E-state index contributed by atoms with van der Waals surface area (Å²) in [6, 6.07) is 0. The lowest BCUT2D eigenvalue weighted by molar-refractivity contribution is 0.000694. The first-order valence-electron chi connectivity index (χ1n) is 5.07. The summed E-state index contributed by atoms with van der Waals surface area (Å²) in [5, 5.41) is 9.07. The van der Waals surface area contributed by atoms with Gasteiger partial charge in [0.15, 0.2) is 0 Å². The molecule has 1 heterocycles. The van der Waals surface area contributed by atoms with E-state index in [1.807, 2.05) is 20.8 Å². The number of nitrogens with one attached hydrogen (secondary N) is 2. The number of ether oxygens (including phenoxy) is 1. The third-order valence-electron chi connectivity index (χ3n) is 2.04. The van der Waals surface area contributed by atoms with Crippen LogP contribution in [0.5, 0.6) is 0 Å². The molecular weight excluding hydrogens is 230 g/mol. The van der Waals surface area contributed by atoms with Gasteiger partial charge in [-0.25, -0.2) is 5.10 Å². The summed E-state index contributed by atoms with van der Waals surface area (Å²) in [6.07, 6.45) is 1.48. The zero-order valence-electron chi connectivity index (χ0n) is 9.63. The Morgan fingerprint density at radius 1 is 1.62 bits per heavy atom. The highest BCUT2D eigenvalue weighted by molar-refractivity contribution is 6.32. The molecule has 0 aliphatic rings. The van der Waals surface area contributed by atoms with Crippen LogP contribution in [0.1, 0.15) is 20.8 Å². The molecule has 0 aliphatic heterocycles. The number of halogens is 1. The third-order valence-corrected chi connectivity index (χ3v) is 2.41. The first kappa shape index (κ1) is 13.0. The lowest BCUT2D eigenvalue weighted by Gasteiger charge is -2.25. The van der Waals surface area contributed by atoms with Gasteiger partial charge >= 0.3 is 0 Å². The average Bonchev–Trinajstić information content (AvgIpc) is 2.20. The molecule has 0 unspecified atom stereocenters. The van der Waals surface area contributed by atoms with E-state index in [2.05, 4.69) is 15.5 Å². The molecule has 0 atom stereocenters. The van der Waals surface area contributed by atoms with E-state index in [0.29, 0.717) is 18.8 Å². The molecule has 0 aliphatic carbocycles. The summed E-state index contributed by atoms with van der Waals surface area (Å²) in [6.45, 7) is 7.03. The van der Waals surface area contributed by atoms with Crippen molar-refractivity contribution in [2.75, 3.05) is 18.5 Å². The lowest BCUT2D eigenvalue weighted by atomic mass is 10.1. The minimum absolute atomic E-state index is 0.113. The molecule has 0 aromatic carbocycles. The standard InChI is InChI=1S/C10H16ClN3O2/c1-4-16-10(2,3)6-12-7-5-13-14-9(15)8(7)11/h5H,4,6H2,1-3H3,(H2,12,14,15). The molecule has 0 bridgehead atoms. The highest BCUT2D eigenvalue weighted by atomic mass is 35.5. The Kier molecular flexibility index (Phi) is 4.32. The van der Waals surface area contributed by atoms with Crippen molar-refractivity contribution in [3.63, 3.8) is 0 Å². The van der Waals surface area contributed by atoms with Crippen molar-refractivity contribution in [1.29, 1.82) is 0 Å². The predicted molar refractivity (Wildman–Crippen MR) is 64.1 cm³/mol. The molecular formula is C10H16ClN3O2. The van der Waals surface area contributed by atoms with Crippen molar-refractivity contribution >= 4 is 17.3 Å². The van der Waals surface area contributed by atoms with Crippen LogP contribution >= 0.6 is 11.6 Å². The Morgan fingerprint density at radius 2 is 2.31 bits per heavy atom. The highest BCUT2D eigenvalue weighted by Crippen LogP contribution is 2.17. The molecule has 16 heavy (non-hydrogen) atoms. The topological polar surface area (TPSA) is 67.0 Å². The van der Waals surface area contributed by atoms with Gasteiger partial charge in [0.25, 0.3) is 5.56 Å². The van der Waals surface area contributed by atoms with Crippen molar-refractivity contribution in [2.45, 2.75) is 26.4 Å². The molecule has 6 heteroatoms. The van der Waals surface area contributed by atoms with Crippen molar-refractivity contribution in [3.8, 4) is 0 Å². The van der Waals surface area contributed by atoms with Gasteiger partial charge in [0.2, 0.25) is 0 Å². The molecule has 0 spiro atoms. The highest BCUT2D eigenvalue weighted by Gasteiger charge is 2.18. The van der Waals surface area contributed by atoms with E-state index < -0.39 is 5.56 Å². The van der Waals surface area contributed by atoms with Gasteiger partial charge in [-0.2, -0.15) is 5.10 Å². The molecule has 90 valence electrons. The Hall–Kier alpha value is -1.07. The molecule has 0 fully saturated rings. The second-order valence-corrected chi connectivity index (χ2v) is 4.35. The quantitative estimate of drug-likeness (QED) is 0.828. The van der Waals surface area contributed by atoms with Crippen LogP contribution in [-0.2, 0) is 4.74 Å². The fourth-order valence-corrected chi connectivity index (χ4v) is 1.41. The second kappa shape index (κ2) is 5.32. The predicted octanol–water partition coefficient (Wildman–Crippen LogP) is 1.65. The SMILES string of the molecule is CCOC(C)(C)CNc1cn[nH]c(=O)c1Cl. The van der Waals surface area contributed by atoms with Crippen LogP contribution in [0.25, 0.3) is 0 Å². The summed E-state index contributed by atoms with van der Waals surface area (Å²) < 4.78 is 5.51. The van der Waals surface area contributed by atoms with Crippen LogP contribution in [0.3, 0.4) is 0 Å². The Labute approximate surface area is 99.2 Å². The van der Waals surface area contributed by atoms with Crippen LogP contribution in [0, 0.1) is 0 Å².